The van der Waals surface area contributed by atoms with E-state index in [1.54, 1.807) is 0 Å². The van der Waals surface area contributed by atoms with Crippen molar-refractivity contribution in [3.63, 3.8) is 0 Å². The summed E-state index contributed by atoms with van der Waals surface area (Å²) in [4.78, 5) is 5.39. The molecule has 4 aromatic rings. The second kappa shape index (κ2) is 17.6. The summed E-state index contributed by atoms with van der Waals surface area (Å²) >= 11 is 0. The summed E-state index contributed by atoms with van der Waals surface area (Å²) in [6.07, 6.45) is 32.5. The maximum atomic E-state index is 6.57. The molecule has 0 aromatic heterocycles. The molecule has 0 amide bonds. The zero-order valence-corrected chi connectivity index (χ0v) is 34.9. The van der Waals surface area contributed by atoms with Gasteiger partial charge in [-0.25, -0.2) is 0 Å². The first-order valence-electron chi connectivity index (χ1n) is 22.4. The molecule has 4 nitrogen and oxygen atoms in total. The largest absolute Gasteiger partial charge is 0.354 e. The molecule has 0 fully saturated rings. The molecular formula is C57H54N4. The van der Waals surface area contributed by atoms with Crippen molar-refractivity contribution in [2.45, 2.75) is 63.8 Å². The van der Waals surface area contributed by atoms with Crippen molar-refractivity contribution in [3.05, 3.63) is 226 Å². The Bertz CT molecular complexity index is 2650. The van der Waals surface area contributed by atoms with E-state index in [0.717, 1.165) is 75.0 Å². The van der Waals surface area contributed by atoms with Gasteiger partial charge >= 0.3 is 0 Å². The van der Waals surface area contributed by atoms with Gasteiger partial charge in [0.2, 0.25) is 0 Å². The standard InChI is InChI=1S/C57H54N4/c58-38-51(42-18-7-2-8-19-42)56-50-27-14-13-26-49(50)54(55(61-56)45-20-9-3-10-21-45)44-34-30-41(31-35-44)40-28-32-43(33-29-40)52-37-53(60-57(59-52)46-22-11-4-12-23-46)48-25-15-24-47(36-48)39-16-5-1-6-17-39/h1-7,9-11,13,16-18,20-21,25-26,28-37,46,53,61H,8,12,14-15,19,22-24,27,38,58H2,(H,59,60)/b56-51+. The Morgan fingerprint density at radius 1 is 0.656 bits per heavy atom. The number of allylic oxidation sites excluding steroid dienone is 12. The summed E-state index contributed by atoms with van der Waals surface area (Å²) in [5.41, 5.74) is 26.4. The van der Waals surface area contributed by atoms with Crippen LogP contribution in [-0.4, -0.2) is 18.4 Å². The average Bonchev–Trinajstić information content (AvgIpc) is 3.35. The lowest BCUT2D eigenvalue weighted by Gasteiger charge is -2.33. The van der Waals surface area contributed by atoms with Gasteiger partial charge in [-0.1, -0.05) is 164 Å². The Labute approximate surface area is 361 Å². The third kappa shape index (κ3) is 8.09. The molecule has 0 radical (unpaired) electrons. The predicted molar refractivity (Wildman–Crippen MR) is 257 cm³/mol. The van der Waals surface area contributed by atoms with E-state index >= 15 is 0 Å². The van der Waals surface area contributed by atoms with Crippen LogP contribution in [0.1, 0.15) is 80.0 Å². The number of hydrogen-bond donors (Lipinski definition) is 3. The van der Waals surface area contributed by atoms with Crippen molar-refractivity contribution in [1.29, 1.82) is 0 Å². The third-order valence-corrected chi connectivity index (χ3v) is 13.1. The fourth-order valence-corrected chi connectivity index (χ4v) is 9.81. The van der Waals surface area contributed by atoms with Crippen LogP contribution >= 0.6 is 0 Å². The van der Waals surface area contributed by atoms with Crippen molar-refractivity contribution in [1.82, 2.24) is 10.6 Å². The highest BCUT2D eigenvalue weighted by Gasteiger charge is 2.30. The maximum absolute atomic E-state index is 6.57. The molecule has 10 rings (SSSR count). The molecule has 2 aliphatic heterocycles. The molecule has 0 bridgehead atoms. The Balaban J connectivity index is 0.964. The van der Waals surface area contributed by atoms with Gasteiger partial charge in [0.15, 0.2) is 0 Å². The monoisotopic (exact) mass is 794 g/mol. The van der Waals surface area contributed by atoms with Crippen molar-refractivity contribution in [2.75, 3.05) is 6.54 Å². The van der Waals surface area contributed by atoms with E-state index in [4.69, 9.17) is 10.7 Å². The molecule has 2 unspecified atom stereocenters. The number of benzene rings is 4. The molecule has 4 heteroatoms. The van der Waals surface area contributed by atoms with E-state index < -0.39 is 0 Å². The Kier molecular flexibility index (Phi) is 11.2. The molecule has 2 heterocycles. The van der Waals surface area contributed by atoms with Gasteiger partial charge in [0.05, 0.1) is 11.7 Å². The molecule has 2 atom stereocenters. The molecule has 4 aliphatic carbocycles. The molecule has 4 N–H and O–H groups in total. The number of rotatable bonds is 9. The summed E-state index contributed by atoms with van der Waals surface area (Å²) in [5.74, 6) is 1.52. The average molecular weight is 795 g/mol. The van der Waals surface area contributed by atoms with Gasteiger partial charge in [-0.2, -0.15) is 0 Å². The minimum absolute atomic E-state index is 0.0163. The van der Waals surface area contributed by atoms with Gasteiger partial charge < -0.3 is 16.4 Å². The van der Waals surface area contributed by atoms with Gasteiger partial charge in [0.25, 0.3) is 0 Å². The zero-order chi connectivity index (χ0) is 41.0. The smallest absolute Gasteiger partial charge is 0.105 e. The first-order chi connectivity index (χ1) is 30.2. The normalized spacial score (nSPS) is 22.0. The number of hydrogen-bond acceptors (Lipinski definition) is 4. The van der Waals surface area contributed by atoms with Gasteiger partial charge in [0, 0.05) is 29.4 Å². The van der Waals surface area contributed by atoms with Crippen LogP contribution in [-0.2, 0) is 0 Å². The van der Waals surface area contributed by atoms with E-state index in [1.165, 1.54) is 78.1 Å². The molecule has 0 spiro atoms. The number of nitrogens with one attached hydrogen (secondary N) is 2. The summed E-state index contributed by atoms with van der Waals surface area (Å²) in [6.45, 7) is 0.499. The van der Waals surface area contributed by atoms with Crippen LogP contribution < -0.4 is 16.4 Å². The molecule has 6 aliphatic rings. The summed E-state index contributed by atoms with van der Waals surface area (Å²) in [7, 11) is 0. The second-order valence-electron chi connectivity index (χ2n) is 16.9. The summed E-state index contributed by atoms with van der Waals surface area (Å²) < 4.78 is 0. The molecule has 0 saturated carbocycles. The van der Waals surface area contributed by atoms with E-state index in [2.05, 4.69) is 181 Å². The van der Waals surface area contributed by atoms with Crippen LogP contribution in [0.25, 0.3) is 33.7 Å². The molecule has 302 valence electrons. The van der Waals surface area contributed by atoms with Crippen molar-refractivity contribution >= 4 is 28.4 Å². The van der Waals surface area contributed by atoms with E-state index in [0.29, 0.717) is 12.5 Å². The highest BCUT2D eigenvalue weighted by Crippen LogP contribution is 2.44. The highest BCUT2D eigenvalue weighted by molar-refractivity contribution is 6.03. The van der Waals surface area contributed by atoms with Gasteiger partial charge in [-0.15, -0.1) is 0 Å². The van der Waals surface area contributed by atoms with Crippen LogP contribution in [0.15, 0.2) is 209 Å². The molecule has 61 heavy (non-hydrogen) atoms. The molecule has 0 saturated heterocycles. The summed E-state index contributed by atoms with van der Waals surface area (Å²) in [5, 5.41) is 7.82. The lowest BCUT2D eigenvalue weighted by atomic mass is 9.79. The lowest BCUT2D eigenvalue weighted by Crippen LogP contribution is -2.35. The third-order valence-electron chi connectivity index (χ3n) is 13.1. The Hall–Kier alpha value is -6.49. The second-order valence-corrected chi connectivity index (χ2v) is 16.9. The van der Waals surface area contributed by atoms with E-state index in [9.17, 15) is 0 Å². The fourth-order valence-electron chi connectivity index (χ4n) is 9.81. The first kappa shape index (κ1) is 38.7. The van der Waals surface area contributed by atoms with Gasteiger partial charge in [-0.3, -0.25) is 4.99 Å². The number of amidine groups is 1. The Morgan fingerprint density at radius 3 is 2.08 bits per heavy atom. The van der Waals surface area contributed by atoms with Crippen LogP contribution in [0.3, 0.4) is 0 Å². The van der Waals surface area contributed by atoms with Crippen LogP contribution in [0.4, 0.5) is 0 Å². The van der Waals surface area contributed by atoms with E-state index in [1.807, 2.05) is 0 Å². The Morgan fingerprint density at radius 2 is 1.38 bits per heavy atom. The quantitative estimate of drug-likeness (QED) is 0.148. The molecule has 4 aromatic carbocycles. The topological polar surface area (TPSA) is 62.4 Å². The number of nitrogens with zero attached hydrogens (tertiary/aromatic N) is 1. The maximum Gasteiger partial charge on any atom is 0.105 e. The van der Waals surface area contributed by atoms with Gasteiger partial charge in [0.1, 0.15) is 5.84 Å². The van der Waals surface area contributed by atoms with Crippen molar-refractivity contribution in [3.8, 4) is 11.1 Å². The SMILES string of the molecule is NC/C(C1=CC=CCC1)=C1\NC(c2ccccc2)=C(c2ccc(-c3ccc(C4=CC(C5=CCCC(c6ccccc6)=C5)N=C(C5CC=CCC5)N4)cc3)cc2)C2=C1CCC=C2. The van der Waals surface area contributed by atoms with Gasteiger partial charge in [-0.05, 0) is 131 Å². The minimum atomic E-state index is -0.0163. The van der Waals surface area contributed by atoms with Crippen molar-refractivity contribution in [2.24, 2.45) is 16.6 Å². The first-order valence-corrected chi connectivity index (χ1v) is 22.4. The van der Waals surface area contributed by atoms with Crippen molar-refractivity contribution < 1.29 is 0 Å². The predicted octanol–water partition coefficient (Wildman–Crippen LogP) is 12.8. The summed E-state index contributed by atoms with van der Waals surface area (Å²) in [6, 6.07) is 39.8. The molecular weight excluding hydrogens is 741 g/mol. The number of dihydropyridines is 1. The highest BCUT2D eigenvalue weighted by atomic mass is 15.1. The minimum Gasteiger partial charge on any atom is -0.354 e. The zero-order valence-electron chi connectivity index (χ0n) is 34.9. The van der Waals surface area contributed by atoms with Crippen LogP contribution in [0.2, 0.25) is 0 Å². The van der Waals surface area contributed by atoms with Crippen LogP contribution in [0, 0.1) is 5.92 Å². The van der Waals surface area contributed by atoms with Crippen LogP contribution in [0.5, 0.6) is 0 Å². The fraction of sp³-hybridized carbons (Fsp3) is 0.211. The number of nitrogens with two attached hydrogens (primary N) is 1. The lowest BCUT2D eigenvalue weighted by molar-refractivity contribution is 0.599. The van der Waals surface area contributed by atoms with E-state index in [-0.39, 0.29) is 6.04 Å². The number of aliphatic imine (C=N–C) groups is 1.